The van der Waals surface area contributed by atoms with Gasteiger partial charge in [0.15, 0.2) is 0 Å². The van der Waals surface area contributed by atoms with Crippen LogP contribution in [-0.4, -0.2) is 28.6 Å². The summed E-state index contributed by atoms with van der Waals surface area (Å²) < 4.78 is 12.9. The zero-order valence-electron chi connectivity index (χ0n) is 10.8. The number of halogens is 1. The van der Waals surface area contributed by atoms with Crippen LogP contribution in [0.15, 0.2) is 29.8 Å². The molecule has 0 aliphatic carbocycles. The molecule has 108 valence electrons. The Morgan fingerprint density at radius 1 is 1.38 bits per heavy atom. The number of carbonyl (C=O) groups is 2. The minimum Gasteiger partial charge on any atom is -0.312 e. The summed E-state index contributed by atoms with van der Waals surface area (Å²) in [7, 11) is 0. The van der Waals surface area contributed by atoms with E-state index in [1.807, 2.05) is 0 Å². The summed E-state index contributed by atoms with van der Waals surface area (Å²) in [5.74, 6) is -1.23. The van der Waals surface area contributed by atoms with E-state index in [0.29, 0.717) is 10.8 Å². The van der Waals surface area contributed by atoms with Crippen LogP contribution in [0.25, 0.3) is 0 Å². The highest BCUT2D eigenvalue weighted by atomic mass is 32.1. The van der Waals surface area contributed by atoms with Gasteiger partial charge in [-0.25, -0.2) is 4.39 Å². The number of anilines is 2. The van der Waals surface area contributed by atoms with Crippen molar-refractivity contribution >= 4 is 34.0 Å². The van der Waals surface area contributed by atoms with Gasteiger partial charge in [-0.05, 0) is 24.3 Å². The maximum Gasteiger partial charge on any atom is 0.231 e. The number of nitrogens with zero attached hydrogens (tertiary/aromatic N) is 3. The fourth-order valence-corrected chi connectivity index (χ4v) is 2.64. The molecule has 2 amide bonds. The van der Waals surface area contributed by atoms with Gasteiger partial charge < -0.3 is 10.2 Å². The Kier molecular flexibility index (Phi) is 3.61. The van der Waals surface area contributed by atoms with Crippen LogP contribution < -0.4 is 10.2 Å². The van der Waals surface area contributed by atoms with E-state index in [-0.39, 0.29) is 30.6 Å². The van der Waals surface area contributed by atoms with Crippen LogP contribution in [0.2, 0.25) is 0 Å². The number of amides is 2. The molecule has 1 aliphatic heterocycles. The maximum absolute atomic E-state index is 12.9. The Bertz CT molecular complexity index is 659. The normalized spacial score (nSPS) is 18.0. The summed E-state index contributed by atoms with van der Waals surface area (Å²) >= 11 is 1.22. The first-order valence-corrected chi connectivity index (χ1v) is 7.14. The molecule has 0 bridgehead atoms. The number of rotatable bonds is 3. The Morgan fingerprint density at radius 2 is 2.14 bits per heavy atom. The van der Waals surface area contributed by atoms with Gasteiger partial charge in [0.1, 0.15) is 11.3 Å². The lowest BCUT2D eigenvalue weighted by molar-refractivity contribution is -0.122. The van der Waals surface area contributed by atoms with E-state index in [1.165, 1.54) is 46.0 Å². The van der Waals surface area contributed by atoms with Crippen molar-refractivity contribution < 1.29 is 14.0 Å². The molecule has 21 heavy (non-hydrogen) atoms. The van der Waals surface area contributed by atoms with Crippen molar-refractivity contribution in [2.45, 2.75) is 6.42 Å². The highest BCUT2D eigenvalue weighted by molar-refractivity contribution is 7.13. The van der Waals surface area contributed by atoms with E-state index < -0.39 is 5.92 Å². The molecule has 8 heteroatoms. The maximum atomic E-state index is 12.9. The van der Waals surface area contributed by atoms with Gasteiger partial charge in [-0.1, -0.05) is 11.3 Å². The van der Waals surface area contributed by atoms with Crippen molar-refractivity contribution in [3.8, 4) is 0 Å². The van der Waals surface area contributed by atoms with Crippen molar-refractivity contribution in [2.24, 2.45) is 5.92 Å². The number of carbonyl (C=O) groups excluding carboxylic acids is 2. The zero-order valence-corrected chi connectivity index (χ0v) is 11.6. The van der Waals surface area contributed by atoms with Gasteiger partial charge in [0.2, 0.25) is 16.9 Å². The van der Waals surface area contributed by atoms with E-state index in [2.05, 4.69) is 15.5 Å². The lowest BCUT2D eigenvalue weighted by Gasteiger charge is -2.16. The zero-order chi connectivity index (χ0) is 14.8. The van der Waals surface area contributed by atoms with Gasteiger partial charge in [0.05, 0.1) is 5.92 Å². The third-order valence-electron chi connectivity index (χ3n) is 3.22. The Labute approximate surface area is 123 Å². The molecule has 3 rings (SSSR count). The Morgan fingerprint density at radius 3 is 2.81 bits per heavy atom. The van der Waals surface area contributed by atoms with Crippen LogP contribution in [0, 0.1) is 11.7 Å². The van der Waals surface area contributed by atoms with E-state index in [4.69, 9.17) is 0 Å². The van der Waals surface area contributed by atoms with Crippen LogP contribution in [0.3, 0.4) is 0 Å². The summed E-state index contributed by atoms with van der Waals surface area (Å²) in [6.07, 6.45) is 0.127. The summed E-state index contributed by atoms with van der Waals surface area (Å²) in [6.45, 7) is 0.273. The van der Waals surface area contributed by atoms with Gasteiger partial charge in [-0.15, -0.1) is 10.2 Å². The van der Waals surface area contributed by atoms with Crippen LogP contribution in [-0.2, 0) is 9.59 Å². The summed E-state index contributed by atoms with van der Waals surface area (Å²) in [5, 5.41) is 10.4. The Hall–Kier alpha value is -2.35. The molecular weight excluding hydrogens is 295 g/mol. The molecule has 6 nitrogen and oxygen atoms in total. The second-order valence-electron chi connectivity index (χ2n) is 4.61. The van der Waals surface area contributed by atoms with Crippen LogP contribution in [0.4, 0.5) is 15.2 Å². The van der Waals surface area contributed by atoms with Crippen molar-refractivity contribution in [3.05, 3.63) is 35.6 Å². The second-order valence-corrected chi connectivity index (χ2v) is 5.45. The number of benzene rings is 1. The molecule has 1 fully saturated rings. The van der Waals surface area contributed by atoms with E-state index >= 15 is 0 Å². The molecule has 1 saturated heterocycles. The van der Waals surface area contributed by atoms with Crippen LogP contribution >= 0.6 is 11.3 Å². The molecule has 0 radical (unpaired) electrons. The summed E-state index contributed by atoms with van der Waals surface area (Å²) in [4.78, 5) is 25.6. The average molecular weight is 306 g/mol. The molecule has 0 saturated carbocycles. The van der Waals surface area contributed by atoms with Gasteiger partial charge in [0, 0.05) is 18.7 Å². The smallest absolute Gasteiger partial charge is 0.231 e. The van der Waals surface area contributed by atoms with Gasteiger partial charge in [0.25, 0.3) is 0 Å². The predicted octanol–water partition coefficient (Wildman–Crippen LogP) is 1.67. The van der Waals surface area contributed by atoms with E-state index in [1.54, 1.807) is 0 Å². The first-order chi connectivity index (χ1) is 10.1. The lowest BCUT2D eigenvalue weighted by Crippen LogP contribution is -2.28. The average Bonchev–Trinajstić information content (AvgIpc) is 3.09. The largest absolute Gasteiger partial charge is 0.312 e. The molecule has 2 heterocycles. The number of hydrogen-bond donors (Lipinski definition) is 1. The van der Waals surface area contributed by atoms with Crippen molar-refractivity contribution in [2.75, 3.05) is 16.8 Å². The third-order valence-corrected chi connectivity index (χ3v) is 3.83. The van der Waals surface area contributed by atoms with E-state index in [0.717, 1.165) is 0 Å². The first kappa shape index (κ1) is 13.6. The Balaban J connectivity index is 1.69. The van der Waals surface area contributed by atoms with Crippen LogP contribution in [0.5, 0.6) is 0 Å². The molecule has 1 N–H and O–H groups in total. The monoisotopic (exact) mass is 306 g/mol. The highest BCUT2D eigenvalue weighted by Crippen LogP contribution is 2.26. The second kappa shape index (κ2) is 5.57. The van der Waals surface area contributed by atoms with Gasteiger partial charge >= 0.3 is 0 Å². The number of nitrogens with one attached hydrogen (secondary N) is 1. The number of hydrogen-bond acceptors (Lipinski definition) is 5. The summed E-state index contributed by atoms with van der Waals surface area (Å²) in [6, 6.07) is 5.63. The number of aromatic nitrogens is 2. The minimum absolute atomic E-state index is 0.127. The highest BCUT2D eigenvalue weighted by Gasteiger charge is 2.35. The molecule has 1 aliphatic rings. The first-order valence-electron chi connectivity index (χ1n) is 6.26. The minimum atomic E-state index is -0.452. The third kappa shape index (κ3) is 2.89. The van der Waals surface area contributed by atoms with Gasteiger partial charge in [-0.2, -0.15) is 0 Å². The molecule has 1 unspecified atom stereocenters. The van der Waals surface area contributed by atoms with Gasteiger partial charge in [-0.3, -0.25) is 9.59 Å². The molecular formula is C13H11FN4O2S. The van der Waals surface area contributed by atoms with Crippen LogP contribution in [0.1, 0.15) is 6.42 Å². The van der Waals surface area contributed by atoms with E-state index in [9.17, 15) is 14.0 Å². The molecule has 1 aromatic heterocycles. The molecule has 0 spiro atoms. The standard InChI is InChI=1S/C13H11FN4O2S/c14-9-1-3-10(4-2-9)18-6-8(5-11(18)19)12(20)16-13-17-15-7-21-13/h1-4,7-8H,5-6H2,(H,16,17,20). The van der Waals surface area contributed by atoms with Crippen molar-refractivity contribution in [1.82, 2.24) is 10.2 Å². The molecule has 1 aromatic carbocycles. The van der Waals surface area contributed by atoms with Crippen molar-refractivity contribution in [1.29, 1.82) is 0 Å². The van der Waals surface area contributed by atoms with Crippen molar-refractivity contribution in [3.63, 3.8) is 0 Å². The summed E-state index contributed by atoms with van der Waals surface area (Å²) in [5.41, 5.74) is 2.10. The molecule has 1 atom stereocenters. The SMILES string of the molecule is O=C(Nc1nncs1)C1CC(=O)N(c2ccc(F)cc2)C1. The lowest BCUT2D eigenvalue weighted by atomic mass is 10.1. The quantitative estimate of drug-likeness (QED) is 0.936. The molecule has 2 aromatic rings. The predicted molar refractivity (Wildman–Crippen MR) is 75.4 cm³/mol. The topological polar surface area (TPSA) is 75.2 Å². The fourth-order valence-electron chi connectivity index (χ4n) is 2.19. The fraction of sp³-hybridized carbons (Fsp3) is 0.231.